The molecule has 2 saturated heterocycles. The molecule has 1 saturated carbocycles. The Morgan fingerprint density at radius 1 is 1.30 bits per heavy atom. The number of esters is 1. The number of carbonyl (C=O) groups is 1. The summed E-state index contributed by atoms with van der Waals surface area (Å²) in [5.41, 5.74) is -0.213. The van der Waals surface area contributed by atoms with Crippen LogP contribution in [0.5, 0.6) is 0 Å². The summed E-state index contributed by atoms with van der Waals surface area (Å²) in [6.45, 7) is 6.39. The highest BCUT2D eigenvalue weighted by Gasteiger charge is 2.50. The maximum absolute atomic E-state index is 12.2. The second-order valence-corrected chi connectivity index (χ2v) is 7.99. The Balaban J connectivity index is 1.70. The topological polar surface area (TPSA) is 49.8 Å². The van der Waals surface area contributed by atoms with Gasteiger partial charge in [0, 0.05) is 24.2 Å². The Labute approximate surface area is 138 Å². The van der Waals surface area contributed by atoms with Crippen molar-refractivity contribution in [3.8, 4) is 0 Å². The van der Waals surface area contributed by atoms with Crippen molar-refractivity contribution in [1.29, 1.82) is 0 Å². The Morgan fingerprint density at radius 2 is 2.00 bits per heavy atom. The van der Waals surface area contributed by atoms with E-state index in [1.165, 1.54) is 5.69 Å². The number of ether oxygens (including phenoxy) is 1. The lowest BCUT2D eigenvalue weighted by molar-refractivity contribution is -0.166. The van der Waals surface area contributed by atoms with Gasteiger partial charge in [-0.1, -0.05) is 18.2 Å². The third-order valence-electron chi connectivity index (χ3n) is 5.01. The van der Waals surface area contributed by atoms with Crippen LogP contribution in [-0.2, 0) is 9.53 Å². The van der Waals surface area contributed by atoms with E-state index in [0.29, 0.717) is 12.5 Å². The van der Waals surface area contributed by atoms with Crippen LogP contribution < -0.4 is 4.90 Å². The molecular weight excluding hydrogens is 290 g/mol. The van der Waals surface area contributed by atoms with Crippen LogP contribution in [0.1, 0.15) is 46.5 Å². The third-order valence-corrected chi connectivity index (χ3v) is 5.01. The van der Waals surface area contributed by atoms with E-state index < -0.39 is 11.2 Å². The fourth-order valence-electron chi connectivity index (χ4n) is 4.03. The third kappa shape index (κ3) is 3.52. The molecule has 2 bridgehead atoms. The molecule has 1 aromatic carbocycles. The van der Waals surface area contributed by atoms with Crippen molar-refractivity contribution in [2.75, 3.05) is 11.4 Å². The minimum atomic E-state index is -0.920. The van der Waals surface area contributed by atoms with Crippen LogP contribution in [0.25, 0.3) is 0 Å². The fraction of sp³-hybridized carbons (Fsp3) is 0.632. The van der Waals surface area contributed by atoms with E-state index in [1.807, 2.05) is 39.0 Å². The molecule has 3 atom stereocenters. The predicted octanol–water partition coefficient (Wildman–Crippen LogP) is 3.14. The lowest BCUT2D eigenvalue weighted by Crippen LogP contribution is -2.61. The number of hydrogen-bond donors (Lipinski definition) is 1. The summed E-state index contributed by atoms with van der Waals surface area (Å²) in [7, 11) is 0. The van der Waals surface area contributed by atoms with Gasteiger partial charge < -0.3 is 14.7 Å². The Morgan fingerprint density at radius 3 is 2.57 bits per heavy atom. The van der Waals surface area contributed by atoms with Gasteiger partial charge in [-0.2, -0.15) is 0 Å². The molecule has 126 valence electrons. The highest BCUT2D eigenvalue weighted by Crippen LogP contribution is 2.45. The lowest BCUT2D eigenvalue weighted by Gasteiger charge is -2.54. The number of benzene rings is 1. The van der Waals surface area contributed by atoms with E-state index in [1.54, 1.807) is 0 Å². The number of aliphatic hydroxyl groups is 1. The number of para-hydroxylation sites is 1. The zero-order valence-electron chi connectivity index (χ0n) is 14.3. The summed E-state index contributed by atoms with van der Waals surface area (Å²) in [4.78, 5) is 14.6. The van der Waals surface area contributed by atoms with Gasteiger partial charge in [0.15, 0.2) is 0 Å². The van der Waals surface area contributed by atoms with Crippen LogP contribution >= 0.6 is 0 Å². The highest BCUT2D eigenvalue weighted by atomic mass is 16.6. The summed E-state index contributed by atoms with van der Waals surface area (Å²) in [6.07, 6.45) is 2.81. The smallest absolute Gasteiger partial charge is 0.309 e. The number of anilines is 1. The standard InChI is InChI=1S/C19H27NO3/c1-18(2,3)23-17(21)12-19(22)11-16-10-9-14(19)13-20(16)15-7-5-4-6-8-15/h4-8,14,16,22H,9-13H2,1-3H3/t14-,16-,19?/m0/s1. The summed E-state index contributed by atoms with van der Waals surface area (Å²) in [6, 6.07) is 10.6. The Kier molecular flexibility index (Phi) is 4.13. The van der Waals surface area contributed by atoms with Crippen LogP contribution in [0.15, 0.2) is 30.3 Å². The van der Waals surface area contributed by atoms with Crippen LogP contribution in [0.4, 0.5) is 5.69 Å². The second kappa shape index (κ2) is 5.82. The van der Waals surface area contributed by atoms with E-state index in [2.05, 4.69) is 17.0 Å². The molecule has 1 aliphatic carbocycles. The average molecular weight is 317 g/mol. The van der Waals surface area contributed by atoms with Crippen LogP contribution in [0, 0.1) is 5.92 Å². The number of carbonyl (C=O) groups excluding carboxylic acids is 1. The molecule has 3 aliphatic rings. The number of fused-ring (bicyclic) bond motifs is 3. The number of hydrogen-bond acceptors (Lipinski definition) is 4. The van der Waals surface area contributed by atoms with Gasteiger partial charge >= 0.3 is 5.97 Å². The van der Waals surface area contributed by atoms with Gasteiger partial charge in [0.05, 0.1) is 12.0 Å². The first-order chi connectivity index (χ1) is 10.8. The maximum atomic E-state index is 12.2. The number of nitrogens with zero attached hydrogens (tertiary/aromatic N) is 1. The average Bonchev–Trinajstić information content (AvgIpc) is 2.46. The van der Waals surface area contributed by atoms with Gasteiger partial charge in [0.1, 0.15) is 5.60 Å². The van der Waals surface area contributed by atoms with Crippen molar-refractivity contribution in [3.63, 3.8) is 0 Å². The molecule has 2 aliphatic heterocycles. The van der Waals surface area contributed by atoms with Crippen molar-refractivity contribution in [2.45, 2.75) is 63.7 Å². The van der Waals surface area contributed by atoms with Gasteiger partial charge in [-0.25, -0.2) is 0 Å². The molecule has 1 N–H and O–H groups in total. The van der Waals surface area contributed by atoms with Crippen LogP contribution in [-0.4, -0.2) is 34.9 Å². The molecule has 0 aromatic heterocycles. The second-order valence-electron chi connectivity index (χ2n) is 7.99. The van der Waals surface area contributed by atoms with E-state index in [-0.39, 0.29) is 18.3 Å². The van der Waals surface area contributed by atoms with Crippen molar-refractivity contribution in [1.82, 2.24) is 0 Å². The quantitative estimate of drug-likeness (QED) is 0.870. The van der Waals surface area contributed by atoms with E-state index in [0.717, 1.165) is 19.4 Å². The number of piperidine rings is 2. The highest BCUT2D eigenvalue weighted by molar-refractivity contribution is 5.71. The van der Waals surface area contributed by atoms with E-state index in [9.17, 15) is 9.90 Å². The molecule has 3 fully saturated rings. The zero-order valence-corrected chi connectivity index (χ0v) is 14.3. The van der Waals surface area contributed by atoms with Crippen molar-refractivity contribution < 1.29 is 14.6 Å². The Bertz CT molecular complexity index is 566. The predicted molar refractivity (Wildman–Crippen MR) is 90.3 cm³/mol. The van der Waals surface area contributed by atoms with E-state index >= 15 is 0 Å². The molecule has 4 nitrogen and oxygen atoms in total. The first-order valence-electron chi connectivity index (χ1n) is 8.53. The molecule has 1 aromatic rings. The van der Waals surface area contributed by atoms with Crippen molar-refractivity contribution in [3.05, 3.63) is 30.3 Å². The van der Waals surface area contributed by atoms with Gasteiger partial charge in [-0.3, -0.25) is 4.79 Å². The van der Waals surface area contributed by atoms with Crippen LogP contribution in [0.3, 0.4) is 0 Å². The molecule has 1 unspecified atom stereocenters. The van der Waals surface area contributed by atoms with Crippen molar-refractivity contribution in [2.24, 2.45) is 5.92 Å². The summed E-state index contributed by atoms with van der Waals surface area (Å²) in [5.74, 6) is -0.168. The first-order valence-corrected chi connectivity index (χ1v) is 8.53. The molecule has 4 heteroatoms. The molecule has 2 heterocycles. The number of rotatable bonds is 3. The van der Waals surface area contributed by atoms with Crippen molar-refractivity contribution >= 4 is 11.7 Å². The Hall–Kier alpha value is -1.55. The molecule has 23 heavy (non-hydrogen) atoms. The fourth-order valence-corrected chi connectivity index (χ4v) is 4.03. The maximum Gasteiger partial charge on any atom is 0.309 e. The molecule has 0 radical (unpaired) electrons. The molecule has 4 rings (SSSR count). The summed E-state index contributed by atoms with van der Waals surface area (Å²) < 4.78 is 5.41. The molecular formula is C19H27NO3. The minimum Gasteiger partial charge on any atom is -0.460 e. The monoisotopic (exact) mass is 317 g/mol. The largest absolute Gasteiger partial charge is 0.460 e. The van der Waals surface area contributed by atoms with Gasteiger partial charge in [-0.05, 0) is 52.2 Å². The molecule has 0 spiro atoms. The SMILES string of the molecule is CC(C)(C)OC(=O)CC1(O)C[C@@H]2CC[C@H]1CN2c1ccccc1. The zero-order chi connectivity index (χ0) is 16.7. The van der Waals surface area contributed by atoms with Gasteiger partial charge in [0.25, 0.3) is 0 Å². The minimum absolute atomic E-state index is 0.105. The normalized spacial score (nSPS) is 30.3. The lowest BCUT2D eigenvalue weighted by atomic mass is 9.67. The first kappa shape index (κ1) is 16.3. The van der Waals surface area contributed by atoms with Crippen LogP contribution in [0.2, 0.25) is 0 Å². The van der Waals surface area contributed by atoms with E-state index in [4.69, 9.17) is 4.74 Å². The molecule has 0 amide bonds. The van der Waals surface area contributed by atoms with Gasteiger partial charge in [0.2, 0.25) is 0 Å². The van der Waals surface area contributed by atoms with Gasteiger partial charge in [-0.15, -0.1) is 0 Å². The summed E-state index contributed by atoms with van der Waals surface area (Å²) in [5, 5.41) is 11.1. The summed E-state index contributed by atoms with van der Waals surface area (Å²) >= 11 is 0.